The monoisotopic (exact) mass is 329 g/mol. The first-order valence-corrected chi connectivity index (χ1v) is 7.70. The zero-order chi connectivity index (χ0) is 16.9. The Hall–Kier alpha value is -2.81. The SMILES string of the molecule is CNC(=O)CN1CCN(C(=O)c2ccnc(-n3cncn3)c2)CC1. The number of nitrogens with one attached hydrogen (secondary N) is 1. The van der Waals surface area contributed by atoms with Crippen LogP contribution >= 0.6 is 0 Å². The van der Waals surface area contributed by atoms with Crippen molar-refractivity contribution in [2.75, 3.05) is 39.8 Å². The van der Waals surface area contributed by atoms with Gasteiger partial charge in [-0.05, 0) is 12.1 Å². The molecular weight excluding hydrogens is 310 g/mol. The molecule has 126 valence electrons. The fourth-order valence-electron chi connectivity index (χ4n) is 2.58. The molecular formula is C15H19N7O2. The van der Waals surface area contributed by atoms with Crippen LogP contribution < -0.4 is 5.32 Å². The summed E-state index contributed by atoms with van der Waals surface area (Å²) in [5, 5.41) is 6.63. The summed E-state index contributed by atoms with van der Waals surface area (Å²) in [5.41, 5.74) is 0.565. The second kappa shape index (κ2) is 7.18. The van der Waals surface area contributed by atoms with Crippen molar-refractivity contribution in [1.29, 1.82) is 0 Å². The minimum atomic E-state index is -0.0432. The normalized spacial score (nSPS) is 15.3. The highest BCUT2D eigenvalue weighted by molar-refractivity contribution is 5.94. The molecule has 0 saturated carbocycles. The van der Waals surface area contributed by atoms with Crippen molar-refractivity contribution in [1.82, 2.24) is 34.9 Å². The lowest BCUT2D eigenvalue weighted by molar-refractivity contribution is -0.122. The number of carbonyl (C=O) groups is 2. The number of likely N-dealkylation sites (N-methyl/N-ethyl adjacent to an activating group) is 1. The molecule has 1 N–H and O–H groups in total. The van der Waals surface area contributed by atoms with Gasteiger partial charge in [-0.25, -0.2) is 14.6 Å². The molecule has 2 aromatic rings. The number of carbonyl (C=O) groups excluding carboxylic acids is 2. The first-order chi connectivity index (χ1) is 11.7. The molecule has 1 aliphatic heterocycles. The summed E-state index contributed by atoms with van der Waals surface area (Å²) in [6.07, 6.45) is 4.54. The Bertz CT molecular complexity index is 708. The van der Waals surface area contributed by atoms with Crippen LogP contribution in [0.2, 0.25) is 0 Å². The molecule has 0 aliphatic carbocycles. The minimum absolute atomic E-state index is 0.0126. The first kappa shape index (κ1) is 16.1. The predicted molar refractivity (Wildman–Crippen MR) is 85.6 cm³/mol. The summed E-state index contributed by atoms with van der Waals surface area (Å²) in [6.45, 7) is 2.91. The zero-order valence-electron chi connectivity index (χ0n) is 13.4. The van der Waals surface area contributed by atoms with Gasteiger partial charge in [0.05, 0.1) is 6.54 Å². The number of piperazine rings is 1. The van der Waals surface area contributed by atoms with Gasteiger partial charge in [0, 0.05) is 45.0 Å². The molecule has 0 aromatic carbocycles. The van der Waals surface area contributed by atoms with Gasteiger partial charge < -0.3 is 10.2 Å². The number of aromatic nitrogens is 4. The van der Waals surface area contributed by atoms with Gasteiger partial charge in [0.25, 0.3) is 5.91 Å². The second-order valence-electron chi connectivity index (χ2n) is 5.48. The van der Waals surface area contributed by atoms with Crippen LogP contribution in [0.3, 0.4) is 0 Å². The average molecular weight is 329 g/mol. The van der Waals surface area contributed by atoms with Crippen LogP contribution in [-0.4, -0.2) is 81.1 Å². The van der Waals surface area contributed by atoms with Gasteiger partial charge in [0.1, 0.15) is 12.7 Å². The van der Waals surface area contributed by atoms with Gasteiger partial charge in [-0.3, -0.25) is 14.5 Å². The highest BCUT2D eigenvalue weighted by Crippen LogP contribution is 2.11. The van der Waals surface area contributed by atoms with Crippen molar-refractivity contribution in [3.8, 4) is 5.82 Å². The Morgan fingerprint density at radius 3 is 2.71 bits per heavy atom. The number of rotatable bonds is 4. The van der Waals surface area contributed by atoms with Crippen LogP contribution in [0.1, 0.15) is 10.4 Å². The smallest absolute Gasteiger partial charge is 0.254 e. The number of amides is 2. The number of pyridine rings is 1. The minimum Gasteiger partial charge on any atom is -0.358 e. The van der Waals surface area contributed by atoms with Crippen molar-refractivity contribution >= 4 is 11.8 Å². The Kier molecular flexibility index (Phi) is 4.80. The standard InChI is InChI=1S/C15H19N7O2/c1-16-14(23)9-20-4-6-21(7-5-20)15(24)12-2-3-18-13(8-12)22-11-17-10-19-22/h2-3,8,10-11H,4-7,9H2,1H3,(H,16,23). The van der Waals surface area contributed by atoms with Crippen LogP contribution in [0.5, 0.6) is 0 Å². The molecule has 9 heteroatoms. The van der Waals surface area contributed by atoms with Crippen LogP contribution in [0, 0.1) is 0 Å². The molecule has 0 radical (unpaired) electrons. The fourth-order valence-corrected chi connectivity index (χ4v) is 2.58. The Labute approximate surface area is 139 Å². The van der Waals surface area contributed by atoms with E-state index in [0.29, 0.717) is 44.1 Å². The third-order valence-corrected chi connectivity index (χ3v) is 3.95. The van der Waals surface area contributed by atoms with E-state index in [2.05, 4.69) is 20.4 Å². The average Bonchev–Trinajstić information content (AvgIpc) is 3.16. The molecule has 0 bridgehead atoms. The van der Waals surface area contributed by atoms with Gasteiger partial charge in [-0.1, -0.05) is 0 Å². The summed E-state index contributed by atoms with van der Waals surface area (Å²) in [4.78, 5) is 36.0. The molecule has 0 spiro atoms. The van der Waals surface area contributed by atoms with Gasteiger partial charge in [0.2, 0.25) is 5.91 Å². The van der Waals surface area contributed by atoms with Crippen molar-refractivity contribution in [3.05, 3.63) is 36.5 Å². The molecule has 0 unspecified atom stereocenters. The maximum Gasteiger partial charge on any atom is 0.254 e. The molecule has 1 saturated heterocycles. The van der Waals surface area contributed by atoms with Gasteiger partial charge in [-0.2, -0.15) is 5.10 Å². The highest BCUT2D eigenvalue weighted by atomic mass is 16.2. The van der Waals surface area contributed by atoms with E-state index in [1.165, 1.54) is 17.3 Å². The Morgan fingerprint density at radius 1 is 1.25 bits per heavy atom. The first-order valence-electron chi connectivity index (χ1n) is 7.70. The molecule has 0 atom stereocenters. The van der Waals surface area contributed by atoms with Crippen LogP contribution in [0.4, 0.5) is 0 Å². The zero-order valence-corrected chi connectivity index (χ0v) is 13.4. The molecule has 2 aromatic heterocycles. The summed E-state index contributed by atoms with van der Waals surface area (Å²) >= 11 is 0. The van der Waals surface area contributed by atoms with E-state index >= 15 is 0 Å². The van der Waals surface area contributed by atoms with Gasteiger partial charge in [-0.15, -0.1) is 0 Å². The lowest BCUT2D eigenvalue weighted by Gasteiger charge is -2.34. The Balaban J connectivity index is 1.63. The predicted octanol–water partition coefficient (Wildman–Crippen LogP) is -0.834. The molecule has 9 nitrogen and oxygen atoms in total. The van der Waals surface area contributed by atoms with Crippen LogP contribution in [-0.2, 0) is 4.79 Å². The molecule has 24 heavy (non-hydrogen) atoms. The highest BCUT2D eigenvalue weighted by Gasteiger charge is 2.23. The van der Waals surface area contributed by atoms with E-state index in [1.54, 1.807) is 30.3 Å². The molecule has 3 rings (SSSR count). The second-order valence-corrected chi connectivity index (χ2v) is 5.48. The summed E-state index contributed by atoms with van der Waals surface area (Å²) in [5.74, 6) is 0.497. The maximum atomic E-state index is 12.7. The topological polar surface area (TPSA) is 96.2 Å². The Morgan fingerprint density at radius 2 is 2.04 bits per heavy atom. The van der Waals surface area contributed by atoms with E-state index < -0.39 is 0 Å². The summed E-state index contributed by atoms with van der Waals surface area (Å²) in [7, 11) is 1.62. The molecule has 1 aliphatic rings. The lowest BCUT2D eigenvalue weighted by Crippen LogP contribution is -2.50. The maximum absolute atomic E-state index is 12.7. The lowest BCUT2D eigenvalue weighted by atomic mass is 10.2. The van der Waals surface area contributed by atoms with Gasteiger partial charge >= 0.3 is 0 Å². The van der Waals surface area contributed by atoms with E-state index in [9.17, 15) is 9.59 Å². The van der Waals surface area contributed by atoms with Crippen molar-refractivity contribution in [2.45, 2.75) is 0 Å². The number of hydrogen-bond acceptors (Lipinski definition) is 6. The van der Waals surface area contributed by atoms with Crippen molar-refractivity contribution < 1.29 is 9.59 Å². The molecule has 1 fully saturated rings. The van der Waals surface area contributed by atoms with Crippen LogP contribution in [0.15, 0.2) is 31.0 Å². The number of nitrogens with zero attached hydrogens (tertiary/aromatic N) is 6. The van der Waals surface area contributed by atoms with E-state index in [1.807, 2.05) is 4.90 Å². The third kappa shape index (κ3) is 3.57. The fraction of sp³-hybridized carbons (Fsp3) is 0.400. The van der Waals surface area contributed by atoms with Crippen molar-refractivity contribution in [3.63, 3.8) is 0 Å². The third-order valence-electron chi connectivity index (χ3n) is 3.95. The van der Waals surface area contributed by atoms with Crippen molar-refractivity contribution in [2.24, 2.45) is 0 Å². The molecule has 3 heterocycles. The summed E-state index contributed by atoms with van der Waals surface area (Å²) < 4.78 is 1.51. The van der Waals surface area contributed by atoms with Crippen LogP contribution in [0.25, 0.3) is 5.82 Å². The van der Waals surface area contributed by atoms with Gasteiger partial charge in [0.15, 0.2) is 5.82 Å². The summed E-state index contributed by atoms with van der Waals surface area (Å²) in [6, 6.07) is 3.40. The van der Waals surface area contributed by atoms with E-state index in [-0.39, 0.29) is 11.8 Å². The molecule has 2 amide bonds. The van der Waals surface area contributed by atoms with E-state index in [0.717, 1.165) is 0 Å². The quantitative estimate of drug-likeness (QED) is 0.786. The number of hydrogen-bond donors (Lipinski definition) is 1. The van der Waals surface area contributed by atoms with E-state index in [4.69, 9.17) is 0 Å². The largest absolute Gasteiger partial charge is 0.358 e.